The van der Waals surface area contributed by atoms with E-state index in [1.54, 1.807) is 24.3 Å². The number of nitrogens with two attached hydrogens (primary N) is 2. The Balaban J connectivity index is 2.30. The average molecular weight is 355 g/mol. The number of allylic oxidation sites excluding steroid dienone is 1. The number of guanidine groups is 1. The van der Waals surface area contributed by atoms with E-state index >= 15 is 0 Å². The van der Waals surface area contributed by atoms with Crippen molar-refractivity contribution >= 4 is 34.0 Å². The maximum absolute atomic E-state index is 14.2. The highest BCUT2D eigenvalue weighted by Gasteiger charge is 2.13. The van der Waals surface area contributed by atoms with Crippen LogP contribution in [0.4, 0.5) is 4.39 Å². The number of nitrogens with zero attached hydrogens (tertiary/aromatic N) is 2. The molecule has 0 unspecified atom stereocenters. The van der Waals surface area contributed by atoms with Gasteiger partial charge in [0.25, 0.3) is 0 Å². The summed E-state index contributed by atoms with van der Waals surface area (Å²) >= 11 is 6.30. The lowest BCUT2D eigenvalue weighted by Crippen LogP contribution is -2.22. The standard InChI is InChI=1S/C19H16ClFN4/c1-2-17(25-19(22)23)11-7-8-12-14(9-11)18(24-10-16(12)21)13-5-3-4-6-15(13)20/h2-10H,1H3,(H4,22,23,25)/b17-2-. The van der Waals surface area contributed by atoms with Crippen molar-refractivity contribution in [3.05, 3.63) is 71.1 Å². The second kappa shape index (κ2) is 6.91. The van der Waals surface area contributed by atoms with E-state index in [-0.39, 0.29) is 5.96 Å². The fraction of sp³-hybridized carbons (Fsp3) is 0.0526. The average Bonchev–Trinajstić information content (AvgIpc) is 2.60. The van der Waals surface area contributed by atoms with Gasteiger partial charge in [-0.05, 0) is 19.1 Å². The van der Waals surface area contributed by atoms with Gasteiger partial charge in [-0.2, -0.15) is 0 Å². The van der Waals surface area contributed by atoms with Crippen molar-refractivity contribution in [3.8, 4) is 11.3 Å². The van der Waals surface area contributed by atoms with E-state index < -0.39 is 5.82 Å². The highest BCUT2D eigenvalue weighted by molar-refractivity contribution is 6.33. The molecule has 0 aliphatic heterocycles. The topological polar surface area (TPSA) is 77.3 Å². The van der Waals surface area contributed by atoms with Crippen LogP contribution in [0.1, 0.15) is 12.5 Å². The molecule has 3 aromatic rings. The van der Waals surface area contributed by atoms with E-state index in [0.29, 0.717) is 27.2 Å². The zero-order valence-electron chi connectivity index (χ0n) is 13.5. The molecular weight excluding hydrogens is 339 g/mol. The summed E-state index contributed by atoms with van der Waals surface area (Å²) in [5.41, 5.74) is 13.6. The molecule has 0 aliphatic rings. The van der Waals surface area contributed by atoms with Crippen molar-refractivity contribution in [1.82, 2.24) is 4.98 Å². The largest absolute Gasteiger partial charge is 0.370 e. The summed E-state index contributed by atoms with van der Waals surface area (Å²) in [5.74, 6) is -0.446. The van der Waals surface area contributed by atoms with Crippen LogP contribution >= 0.6 is 11.6 Å². The van der Waals surface area contributed by atoms with Gasteiger partial charge in [0.05, 0.1) is 17.6 Å². The van der Waals surface area contributed by atoms with Crippen LogP contribution in [0.25, 0.3) is 27.7 Å². The maximum atomic E-state index is 14.2. The number of hydrogen-bond acceptors (Lipinski definition) is 2. The number of pyridine rings is 1. The fourth-order valence-electron chi connectivity index (χ4n) is 2.67. The van der Waals surface area contributed by atoms with Crippen LogP contribution in [-0.4, -0.2) is 10.9 Å². The van der Waals surface area contributed by atoms with Gasteiger partial charge < -0.3 is 11.5 Å². The molecule has 0 aliphatic carbocycles. The summed E-state index contributed by atoms with van der Waals surface area (Å²) in [7, 11) is 0. The number of fused-ring (bicyclic) bond motifs is 1. The van der Waals surface area contributed by atoms with Gasteiger partial charge >= 0.3 is 0 Å². The maximum Gasteiger partial charge on any atom is 0.191 e. The number of aliphatic imine (C=N–C) groups is 1. The van der Waals surface area contributed by atoms with E-state index in [2.05, 4.69) is 9.98 Å². The highest BCUT2D eigenvalue weighted by atomic mass is 35.5. The third kappa shape index (κ3) is 3.32. The Kier molecular flexibility index (Phi) is 4.67. The zero-order chi connectivity index (χ0) is 18.0. The molecule has 4 nitrogen and oxygen atoms in total. The first-order chi connectivity index (χ1) is 12.0. The second-order valence-corrected chi connectivity index (χ2v) is 5.81. The molecule has 0 atom stereocenters. The third-order valence-corrected chi connectivity index (χ3v) is 4.12. The number of halogens is 2. The predicted molar refractivity (Wildman–Crippen MR) is 102 cm³/mol. The van der Waals surface area contributed by atoms with Crippen molar-refractivity contribution in [1.29, 1.82) is 0 Å². The summed E-state index contributed by atoms with van der Waals surface area (Å²) in [6.45, 7) is 1.82. The Morgan fingerprint density at radius 3 is 2.60 bits per heavy atom. The molecule has 1 heterocycles. The third-order valence-electron chi connectivity index (χ3n) is 3.79. The first kappa shape index (κ1) is 16.9. The molecule has 0 spiro atoms. The first-order valence-electron chi connectivity index (χ1n) is 7.60. The monoisotopic (exact) mass is 354 g/mol. The van der Waals surface area contributed by atoms with Crippen molar-refractivity contribution < 1.29 is 4.39 Å². The summed E-state index contributed by atoms with van der Waals surface area (Å²) < 4.78 is 14.2. The van der Waals surface area contributed by atoms with E-state index in [9.17, 15) is 4.39 Å². The summed E-state index contributed by atoms with van der Waals surface area (Å²) in [6, 6.07) is 12.6. The van der Waals surface area contributed by atoms with Crippen LogP contribution in [0, 0.1) is 5.82 Å². The fourth-order valence-corrected chi connectivity index (χ4v) is 2.90. The number of rotatable bonds is 3. The molecule has 25 heavy (non-hydrogen) atoms. The van der Waals surface area contributed by atoms with Gasteiger partial charge in [0, 0.05) is 26.9 Å². The lowest BCUT2D eigenvalue weighted by atomic mass is 10.00. The van der Waals surface area contributed by atoms with Gasteiger partial charge in [0.2, 0.25) is 0 Å². The predicted octanol–water partition coefficient (Wildman–Crippen LogP) is 4.33. The van der Waals surface area contributed by atoms with E-state index in [1.165, 1.54) is 6.20 Å². The van der Waals surface area contributed by atoms with E-state index in [4.69, 9.17) is 23.1 Å². The molecule has 2 aromatic carbocycles. The van der Waals surface area contributed by atoms with Crippen molar-refractivity contribution in [2.75, 3.05) is 0 Å². The van der Waals surface area contributed by atoms with Crippen LogP contribution in [0.3, 0.4) is 0 Å². The Labute approximate surface area is 149 Å². The zero-order valence-corrected chi connectivity index (χ0v) is 14.3. The molecule has 0 bridgehead atoms. The number of aromatic nitrogens is 1. The molecule has 126 valence electrons. The molecule has 4 N–H and O–H groups in total. The molecule has 0 saturated heterocycles. The quantitative estimate of drug-likeness (QED) is 0.543. The minimum atomic E-state index is -0.402. The van der Waals surface area contributed by atoms with Gasteiger partial charge in [-0.15, -0.1) is 0 Å². The molecule has 0 fully saturated rings. The smallest absolute Gasteiger partial charge is 0.191 e. The molecule has 1 aromatic heterocycles. The van der Waals surface area contributed by atoms with Gasteiger partial charge in [-0.25, -0.2) is 9.38 Å². The molecular formula is C19H16ClFN4. The van der Waals surface area contributed by atoms with E-state index in [0.717, 1.165) is 11.1 Å². The molecule has 0 radical (unpaired) electrons. The van der Waals surface area contributed by atoms with Gasteiger partial charge in [-0.1, -0.05) is 48.0 Å². The minimum Gasteiger partial charge on any atom is -0.370 e. The van der Waals surface area contributed by atoms with E-state index in [1.807, 2.05) is 31.2 Å². The van der Waals surface area contributed by atoms with Crippen LogP contribution in [-0.2, 0) is 0 Å². The Bertz CT molecular complexity index is 1010. The normalized spacial score (nSPS) is 11.6. The number of hydrogen-bond donors (Lipinski definition) is 2. The van der Waals surface area contributed by atoms with Crippen LogP contribution < -0.4 is 11.5 Å². The van der Waals surface area contributed by atoms with Crippen LogP contribution in [0.15, 0.2) is 59.7 Å². The molecule has 0 saturated carbocycles. The Hall–Kier alpha value is -2.92. The molecule has 6 heteroatoms. The van der Waals surface area contributed by atoms with Crippen molar-refractivity contribution in [2.24, 2.45) is 16.5 Å². The highest BCUT2D eigenvalue weighted by Crippen LogP contribution is 2.34. The second-order valence-electron chi connectivity index (χ2n) is 5.41. The Morgan fingerprint density at radius 2 is 1.92 bits per heavy atom. The van der Waals surface area contributed by atoms with Gasteiger partial charge in [0.15, 0.2) is 5.96 Å². The molecule has 0 amide bonds. The number of benzene rings is 2. The lowest BCUT2D eigenvalue weighted by molar-refractivity contribution is 0.634. The summed E-state index contributed by atoms with van der Waals surface area (Å²) in [6.07, 6.45) is 2.98. The minimum absolute atomic E-state index is 0.0445. The van der Waals surface area contributed by atoms with Crippen LogP contribution in [0.5, 0.6) is 0 Å². The summed E-state index contributed by atoms with van der Waals surface area (Å²) in [4.78, 5) is 8.37. The summed E-state index contributed by atoms with van der Waals surface area (Å²) in [5, 5.41) is 1.63. The Morgan fingerprint density at radius 1 is 1.16 bits per heavy atom. The first-order valence-corrected chi connectivity index (χ1v) is 7.98. The SMILES string of the molecule is C/C=C(\N=C(N)N)c1ccc2c(F)cnc(-c3ccccc3Cl)c2c1. The van der Waals surface area contributed by atoms with Gasteiger partial charge in [0.1, 0.15) is 5.82 Å². The van der Waals surface area contributed by atoms with Crippen molar-refractivity contribution in [2.45, 2.75) is 6.92 Å². The van der Waals surface area contributed by atoms with Crippen LogP contribution in [0.2, 0.25) is 5.02 Å². The lowest BCUT2D eigenvalue weighted by Gasteiger charge is -2.11. The molecule has 3 rings (SSSR count). The van der Waals surface area contributed by atoms with Crippen molar-refractivity contribution in [3.63, 3.8) is 0 Å². The van der Waals surface area contributed by atoms with Gasteiger partial charge in [-0.3, -0.25) is 4.98 Å².